The average Bonchev–Trinajstić information content (AvgIpc) is 3.02. The minimum Gasteiger partial charge on any atom is -0.508 e. The van der Waals surface area contributed by atoms with E-state index in [1.165, 1.54) is 18.4 Å². The van der Waals surface area contributed by atoms with Crippen molar-refractivity contribution < 1.29 is 14.6 Å². The molecule has 5 nitrogen and oxygen atoms in total. The van der Waals surface area contributed by atoms with Crippen LogP contribution in [0.15, 0.2) is 24.3 Å². The van der Waals surface area contributed by atoms with E-state index in [1.807, 2.05) is 19.1 Å². The van der Waals surface area contributed by atoms with Crippen LogP contribution < -0.4 is 10.6 Å². The predicted molar refractivity (Wildman–Crippen MR) is 97.7 cm³/mol. The highest BCUT2D eigenvalue weighted by atomic mass is 16.5. The predicted octanol–water partition coefficient (Wildman–Crippen LogP) is 3.50. The number of hydrogen-bond donors (Lipinski definition) is 3. The maximum Gasteiger partial charge on any atom is 0.315 e. The van der Waals surface area contributed by atoms with Crippen molar-refractivity contribution in [2.45, 2.75) is 76.0 Å². The van der Waals surface area contributed by atoms with Crippen molar-refractivity contribution in [2.24, 2.45) is 0 Å². The summed E-state index contributed by atoms with van der Waals surface area (Å²) in [5.41, 5.74) is 1.19. The molecule has 1 aliphatic carbocycles. The number of phenolic OH excluding ortho intramolecular Hbond substituents is 1. The summed E-state index contributed by atoms with van der Waals surface area (Å²) in [5.74, 6) is 0.283. The van der Waals surface area contributed by atoms with Gasteiger partial charge in [0, 0.05) is 18.7 Å². The van der Waals surface area contributed by atoms with Crippen LogP contribution in [0.2, 0.25) is 0 Å². The highest BCUT2D eigenvalue weighted by molar-refractivity contribution is 5.74. The summed E-state index contributed by atoms with van der Waals surface area (Å²) < 4.78 is 6.03. The number of benzene rings is 1. The zero-order valence-electron chi connectivity index (χ0n) is 15.1. The second-order valence-corrected chi connectivity index (χ2v) is 7.65. The lowest BCUT2D eigenvalue weighted by Crippen LogP contribution is -2.51. The molecule has 1 aromatic rings. The SMILES string of the molecule is C[C@@H](CCc1ccc(O)cc1)NC(=O)N[C@@H]1CCOC2(CCCC2)C1. The number of rotatable bonds is 5. The van der Waals surface area contributed by atoms with Gasteiger partial charge < -0.3 is 20.5 Å². The van der Waals surface area contributed by atoms with Crippen molar-refractivity contribution in [1.82, 2.24) is 10.6 Å². The van der Waals surface area contributed by atoms with Gasteiger partial charge >= 0.3 is 6.03 Å². The van der Waals surface area contributed by atoms with Gasteiger partial charge in [-0.3, -0.25) is 0 Å². The minimum atomic E-state index is -0.0711. The minimum absolute atomic E-state index is 0.0285. The van der Waals surface area contributed by atoms with E-state index >= 15 is 0 Å². The smallest absolute Gasteiger partial charge is 0.315 e. The fourth-order valence-corrected chi connectivity index (χ4v) is 4.09. The summed E-state index contributed by atoms with van der Waals surface area (Å²) in [6.45, 7) is 2.78. The van der Waals surface area contributed by atoms with Crippen LogP contribution in [-0.2, 0) is 11.2 Å². The van der Waals surface area contributed by atoms with Gasteiger partial charge in [0.25, 0.3) is 0 Å². The summed E-state index contributed by atoms with van der Waals surface area (Å²) in [4.78, 5) is 12.3. The molecule has 0 radical (unpaired) electrons. The number of ether oxygens (including phenoxy) is 1. The Morgan fingerprint density at radius 3 is 2.76 bits per heavy atom. The molecule has 0 aromatic heterocycles. The number of hydrogen-bond acceptors (Lipinski definition) is 3. The second kappa shape index (κ2) is 8.09. The molecule has 1 saturated heterocycles. The van der Waals surface area contributed by atoms with Gasteiger partial charge in [-0.05, 0) is 63.1 Å². The molecule has 1 aliphatic heterocycles. The first-order chi connectivity index (χ1) is 12.0. The summed E-state index contributed by atoms with van der Waals surface area (Å²) in [6.07, 6.45) is 8.35. The Kier molecular flexibility index (Phi) is 5.84. The Bertz CT molecular complexity index is 567. The maximum atomic E-state index is 12.3. The highest BCUT2D eigenvalue weighted by Gasteiger charge is 2.40. The number of phenols is 1. The molecule has 138 valence electrons. The molecule has 1 heterocycles. The van der Waals surface area contributed by atoms with Crippen LogP contribution >= 0.6 is 0 Å². The Morgan fingerprint density at radius 1 is 1.32 bits per heavy atom. The molecule has 0 unspecified atom stereocenters. The van der Waals surface area contributed by atoms with Crippen LogP contribution in [0.4, 0.5) is 4.79 Å². The van der Waals surface area contributed by atoms with Gasteiger partial charge in [-0.2, -0.15) is 0 Å². The summed E-state index contributed by atoms with van der Waals surface area (Å²) >= 11 is 0. The van der Waals surface area contributed by atoms with E-state index < -0.39 is 0 Å². The highest BCUT2D eigenvalue weighted by Crippen LogP contribution is 2.39. The first-order valence-electron chi connectivity index (χ1n) is 9.54. The summed E-state index contributed by atoms with van der Waals surface area (Å²) in [7, 11) is 0. The Hall–Kier alpha value is -1.75. The zero-order chi connectivity index (χ0) is 17.7. The van der Waals surface area contributed by atoms with Crippen LogP contribution in [0.25, 0.3) is 0 Å². The third-order valence-corrected chi connectivity index (χ3v) is 5.52. The van der Waals surface area contributed by atoms with Crippen molar-refractivity contribution in [3.05, 3.63) is 29.8 Å². The summed E-state index contributed by atoms with van der Waals surface area (Å²) in [5, 5.41) is 15.5. The van der Waals surface area contributed by atoms with Crippen molar-refractivity contribution in [3.63, 3.8) is 0 Å². The number of aryl methyl sites for hydroxylation is 1. The van der Waals surface area contributed by atoms with Gasteiger partial charge in [0.2, 0.25) is 0 Å². The normalized spacial score (nSPS) is 23.3. The average molecular weight is 346 g/mol. The summed E-state index contributed by atoms with van der Waals surface area (Å²) in [6, 6.07) is 7.49. The van der Waals surface area contributed by atoms with Crippen LogP contribution in [0.1, 0.15) is 57.4 Å². The van der Waals surface area contributed by atoms with E-state index in [0.29, 0.717) is 0 Å². The van der Waals surface area contributed by atoms with Crippen molar-refractivity contribution >= 4 is 6.03 Å². The molecule has 2 amide bonds. The maximum absolute atomic E-state index is 12.3. The molecule has 2 aliphatic rings. The monoisotopic (exact) mass is 346 g/mol. The number of nitrogens with one attached hydrogen (secondary N) is 2. The van der Waals surface area contributed by atoms with Crippen LogP contribution in [0.5, 0.6) is 5.75 Å². The molecule has 5 heteroatoms. The number of aromatic hydroxyl groups is 1. The molecular formula is C20H30N2O3. The van der Waals surface area contributed by atoms with E-state index in [9.17, 15) is 9.90 Å². The third-order valence-electron chi connectivity index (χ3n) is 5.52. The Balaban J connectivity index is 1.40. The fourth-order valence-electron chi connectivity index (χ4n) is 4.09. The molecular weight excluding hydrogens is 316 g/mol. The van der Waals surface area contributed by atoms with Gasteiger partial charge in [-0.15, -0.1) is 0 Å². The van der Waals surface area contributed by atoms with Gasteiger partial charge in [-0.1, -0.05) is 25.0 Å². The van der Waals surface area contributed by atoms with Crippen LogP contribution in [-0.4, -0.2) is 35.4 Å². The van der Waals surface area contributed by atoms with Gasteiger partial charge in [0.05, 0.1) is 5.60 Å². The number of urea groups is 1. The molecule has 2 fully saturated rings. The first-order valence-corrected chi connectivity index (χ1v) is 9.54. The lowest BCUT2D eigenvalue weighted by atomic mass is 9.89. The van der Waals surface area contributed by atoms with E-state index in [-0.39, 0.29) is 29.5 Å². The first kappa shape index (κ1) is 18.1. The lowest BCUT2D eigenvalue weighted by molar-refractivity contribution is -0.0820. The lowest BCUT2D eigenvalue weighted by Gasteiger charge is -2.38. The van der Waals surface area contributed by atoms with Crippen molar-refractivity contribution in [1.29, 1.82) is 0 Å². The largest absolute Gasteiger partial charge is 0.508 e. The van der Waals surface area contributed by atoms with E-state index in [2.05, 4.69) is 10.6 Å². The fraction of sp³-hybridized carbons (Fsp3) is 0.650. The topological polar surface area (TPSA) is 70.6 Å². The molecule has 1 spiro atoms. The van der Waals surface area contributed by atoms with Gasteiger partial charge in [-0.25, -0.2) is 4.79 Å². The van der Waals surface area contributed by atoms with E-state index in [0.717, 1.165) is 45.1 Å². The molecule has 0 bridgehead atoms. The Morgan fingerprint density at radius 2 is 2.04 bits per heavy atom. The molecule has 25 heavy (non-hydrogen) atoms. The quantitative estimate of drug-likeness (QED) is 0.764. The van der Waals surface area contributed by atoms with Crippen LogP contribution in [0, 0.1) is 0 Å². The third kappa shape index (κ3) is 5.11. The number of amides is 2. The number of carbonyl (C=O) groups excluding carboxylic acids is 1. The van der Waals surface area contributed by atoms with Gasteiger partial charge in [0.1, 0.15) is 5.75 Å². The van der Waals surface area contributed by atoms with Crippen molar-refractivity contribution in [2.75, 3.05) is 6.61 Å². The molecule has 3 N–H and O–H groups in total. The second-order valence-electron chi connectivity index (χ2n) is 7.65. The molecule has 1 aromatic carbocycles. The van der Waals surface area contributed by atoms with E-state index in [4.69, 9.17) is 4.74 Å². The Labute approximate surface area is 150 Å². The number of carbonyl (C=O) groups is 1. The molecule has 2 atom stereocenters. The molecule has 1 saturated carbocycles. The van der Waals surface area contributed by atoms with E-state index in [1.54, 1.807) is 12.1 Å². The van der Waals surface area contributed by atoms with Crippen LogP contribution in [0.3, 0.4) is 0 Å². The zero-order valence-corrected chi connectivity index (χ0v) is 15.1. The molecule has 3 rings (SSSR count). The standard InChI is InChI=1S/C20H30N2O3/c1-15(4-5-16-6-8-18(23)9-7-16)21-19(24)22-17-10-13-25-20(14-17)11-2-3-12-20/h6-9,15,17,23H,2-5,10-14H2,1H3,(H2,21,22,24)/t15-,17+/m0/s1. The van der Waals surface area contributed by atoms with Gasteiger partial charge in [0.15, 0.2) is 0 Å². The van der Waals surface area contributed by atoms with Crippen molar-refractivity contribution in [3.8, 4) is 5.75 Å².